The summed E-state index contributed by atoms with van der Waals surface area (Å²) < 4.78 is 6.73. The second-order valence-electron chi connectivity index (χ2n) is 7.42. The average Bonchev–Trinajstić information content (AvgIpc) is 3.41. The van der Waals surface area contributed by atoms with E-state index in [0.717, 1.165) is 37.3 Å². The summed E-state index contributed by atoms with van der Waals surface area (Å²) >= 11 is 0. The third-order valence-electron chi connectivity index (χ3n) is 5.43. The van der Waals surface area contributed by atoms with E-state index in [4.69, 9.17) is 4.52 Å². The molecule has 5 rings (SSSR count). The number of benzene rings is 1. The summed E-state index contributed by atoms with van der Waals surface area (Å²) in [6, 6.07) is 11.5. The van der Waals surface area contributed by atoms with Crippen LogP contribution in [0, 0.1) is 17.0 Å². The lowest BCUT2D eigenvalue weighted by molar-refractivity contribution is -0.391. The van der Waals surface area contributed by atoms with Gasteiger partial charge < -0.3 is 19.5 Å². The SMILES string of the molecule is Cc1ccccc1-c1noc(CN2CCN(c3ccc4ncc([N+](=O)[O-])n4n3)CC2)n1. The number of aromatic nitrogens is 5. The highest BCUT2D eigenvalue weighted by Crippen LogP contribution is 2.21. The third kappa shape index (κ3) is 3.70. The van der Waals surface area contributed by atoms with Crippen molar-refractivity contribution in [1.29, 1.82) is 0 Å². The molecule has 0 amide bonds. The molecule has 1 aliphatic heterocycles. The van der Waals surface area contributed by atoms with Crippen LogP contribution in [0.5, 0.6) is 0 Å². The predicted octanol–water partition coefficient (Wildman–Crippen LogP) is 2.32. The fourth-order valence-electron chi connectivity index (χ4n) is 3.72. The van der Waals surface area contributed by atoms with Crippen LogP contribution < -0.4 is 4.90 Å². The van der Waals surface area contributed by atoms with E-state index in [0.29, 0.717) is 29.7 Å². The number of anilines is 1. The first-order chi connectivity index (χ1) is 15.1. The van der Waals surface area contributed by atoms with Crippen LogP contribution in [-0.4, -0.2) is 60.7 Å². The van der Waals surface area contributed by atoms with Gasteiger partial charge >= 0.3 is 5.82 Å². The smallest absolute Gasteiger partial charge is 0.358 e. The maximum Gasteiger partial charge on any atom is 0.368 e. The van der Waals surface area contributed by atoms with E-state index in [1.165, 1.54) is 10.7 Å². The standard InChI is InChI=1S/C20H20N8O3/c1-14-4-2-3-5-15(14)20-22-18(31-24-20)13-25-8-10-26(11-9-25)17-7-6-16-21-12-19(28(29)30)27(16)23-17/h2-7,12H,8-11,13H2,1H3. The van der Waals surface area contributed by atoms with Crippen molar-refractivity contribution < 1.29 is 9.45 Å². The molecule has 1 aliphatic rings. The van der Waals surface area contributed by atoms with Gasteiger partial charge in [-0.15, -0.1) is 0 Å². The number of hydrogen-bond acceptors (Lipinski definition) is 9. The van der Waals surface area contributed by atoms with Gasteiger partial charge in [-0.3, -0.25) is 4.90 Å². The van der Waals surface area contributed by atoms with Gasteiger partial charge in [-0.05, 0) is 23.5 Å². The first-order valence-corrected chi connectivity index (χ1v) is 9.93. The lowest BCUT2D eigenvalue weighted by Gasteiger charge is -2.34. The Bertz CT molecular complexity index is 1240. The molecule has 0 N–H and O–H groups in total. The Kier molecular flexibility index (Phi) is 4.79. The number of fused-ring (bicyclic) bond motifs is 1. The molecule has 4 aromatic rings. The minimum absolute atomic E-state index is 0.142. The Balaban J connectivity index is 1.24. The van der Waals surface area contributed by atoms with Crippen LogP contribution in [0.25, 0.3) is 17.0 Å². The fraction of sp³-hybridized carbons (Fsp3) is 0.300. The molecule has 0 saturated carbocycles. The topological polar surface area (TPSA) is 119 Å². The summed E-state index contributed by atoms with van der Waals surface area (Å²) in [7, 11) is 0. The molecule has 1 saturated heterocycles. The predicted molar refractivity (Wildman–Crippen MR) is 112 cm³/mol. The van der Waals surface area contributed by atoms with Crippen molar-refractivity contribution >= 4 is 17.3 Å². The molecule has 1 aromatic carbocycles. The van der Waals surface area contributed by atoms with Crippen molar-refractivity contribution in [3.63, 3.8) is 0 Å². The monoisotopic (exact) mass is 420 g/mol. The largest absolute Gasteiger partial charge is 0.368 e. The molecule has 0 unspecified atom stereocenters. The van der Waals surface area contributed by atoms with Crippen LogP contribution in [0.3, 0.4) is 0 Å². The van der Waals surface area contributed by atoms with Gasteiger partial charge in [0.15, 0.2) is 5.82 Å². The molecule has 11 nitrogen and oxygen atoms in total. The van der Waals surface area contributed by atoms with E-state index in [9.17, 15) is 10.1 Å². The van der Waals surface area contributed by atoms with Crippen molar-refractivity contribution in [2.45, 2.75) is 13.5 Å². The lowest BCUT2D eigenvalue weighted by Crippen LogP contribution is -2.46. The Hall–Kier alpha value is -3.86. The molecule has 0 atom stereocenters. The highest BCUT2D eigenvalue weighted by Gasteiger charge is 2.23. The van der Waals surface area contributed by atoms with Crippen molar-refractivity contribution in [2.75, 3.05) is 31.1 Å². The Morgan fingerprint density at radius 1 is 1.13 bits per heavy atom. The molecule has 0 radical (unpaired) electrons. The first kappa shape index (κ1) is 19.1. The minimum Gasteiger partial charge on any atom is -0.358 e. The van der Waals surface area contributed by atoms with E-state index in [2.05, 4.69) is 30.0 Å². The molecule has 31 heavy (non-hydrogen) atoms. The number of hydrogen-bond donors (Lipinski definition) is 0. The summed E-state index contributed by atoms with van der Waals surface area (Å²) in [5.74, 6) is 1.73. The molecule has 11 heteroatoms. The normalized spacial score (nSPS) is 14.9. The van der Waals surface area contributed by atoms with Crippen LogP contribution in [0.15, 0.2) is 47.1 Å². The zero-order valence-electron chi connectivity index (χ0n) is 16.9. The highest BCUT2D eigenvalue weighted by molar-refractivity contribution is 5.59. The van der Waals surface area contributed by atoms with Gasteiger partial charge in [0.25, 0.3) is 0 Å². The number of aryl methyl sites for hydroxylation is 1. The van der Waals surface area contributed by atoms with Crippen molar-refractivity contribution in [3.05, 3.63) is 64.2 Å². The van der Waals surface area contributed by atoms with E-state index in [1.807, 2.05) is 37.3 Å². The molecule has 0 spiro atoms. The highest BCUT2D eigenvalue weighted by atomic mass is 16.6. The zero-order valence-corrected chi connectivity index (χ0v) is 16.9. The van der Waals surface area contributed by atoms with Crippen LogP contribution in [0.1, 0.15) is 11.5 Å². The van der Waals surface area contributed by atoms with Gasteiger partial charge in [-0.25, -0.2) is 4.98 Å². The molecule has 0 bridgehead atoms. The second-order valence-corrected chi connectivity index (χ2v) is 7.42. The van der Waals surface area contributed by atoms with Crippen LogP contribution in [0.4, 0.5) is 11.6 Å². The number of piperazine rings is 1. The van der Waals surface area contributed by atoms with Gasteiger partial charge in [0.05, 0.1) is 6.54 Å². The molecule has 3 aromatic heterocycles. The molecule has 1 fully saturated rings. The molecule has 0 aliphatic carbocycles. The Morgan fingerprint density at radius 3 is 2.71 bits per heavy atom. The maximum absolute atomic E-state index is 11.2. The van der Waals surface area contributed by atoms with Crippen LogP contribution in [0.2, 0.25) is 0 Å². The third-order valence-corrected chi connectivity index (χ3v) is 5.43. The van der Waals surface area contributed by atoms with Gasteiger partial charge in [-0.1, -0.05) is 39.0 Å². The minimum atomic E-state index is -0.482. The van der Waals surface area contributed by atoms with E-state index in [-0.39, 0.29) is 5.82 Å². The Morgan fingerprint density at radius 2 is 1.94 bits per heavy atom. The fourth-order valence-corrected chi connectivity index (χ4v) is 3.72. The summed E-state index contributed by atoms with van der Waals surface area (Å²) in [5.41, 5.74) is 2.53. The van der Waals surface area contributed by atoms with Gasteiger partial charge in [0.2, 0.25) is 17.4 Å². The lowest BCUT2D eigenvalue weighted by atomic mass is 10.1. The van der Waals surface area contributed by atoms with Crippen LogP contribution >= 0.6 is 0 Å². The maximum atomic E-state index is 11.2. The van der Waals surface area contributed by atoms with Gasteiger partial charge in [-0.2, -0.15) is 4.98 Å². The van der Waals surface area contributed by atoms with Crippen molar-refractivity contribution in [3.8, 4) is 11.4 Å². The van der Waals surface area contributed by atoms with E-state index in [1.54, 1.807) is 6.07 Å². The average molecular weight is 420 g/mol. The molecular formula is C20H20N8O3. The summed E-state index contributed by atoms with van der Waals surface area (Å²) in [5, 5.41) is 19.7. The Labute approximate surface area is 177 Å². The zero-order chi connectivity index (χ0) is 21.4. The van der Waals surface area contributed by atoms with Gasteiger partial charge in [0.1, 0.15) is 6.20 Å². The quantitative estimate of drug-likeness (QED) is 0.354. The van der Waals surface area contributed by atoms with Crippen molar-refractivity contribution in [2.24, 2.45) is 0 Å². The second kappa shape index (κ2) is 7.76. The summed E-state index contributed by atoms with van der Waals surface area (Å²) in [6.45, 7) is 5.64. The first-order valence-electron chi connectivity index (χ1n) is 9.93. The molecule has 158 valence electrons. The summed E-state index contributed by atoms with van der Waals surface area (Å²) in [4.78, 5) is 23.6. The number of nitrogens with zero attached hydrogens (tertiary/aromatic N) is 8. The van der Waals surface area contributed by atoms with Crippen LogP contribution in [-0.2, 0) is 6.54 Å². The molecular weight excluding hydrogens is 400 g/mol. The number of rotatable bonds is 5. The number of nitro groups is 1. The van der Waals surface area contributed by atoms with Crippen molar-refractivity contribution in [1.82, 2.24) is 29.6 Å². The molecule has 4 heterocycles. The van der Waals surface area contributed by atoms with Gasteiger partial charge in [0, 0.05) is 37.8 Å². The van der Waals surface area contributed by atoms with E-state index >= 15 is 0 Å². The number of imidazole rings is 1. The summed E-state index contributed by atoms with van der Waals surface area (Å²) in [6.07, 6.45) is 1.22. The van der Waals surface area contributed by atoms with E-state index < -0.39 is 4.92 Å².